The van der Waals surface area contributed by atoms with E-state index in [1.54, 1.807) is 0 Å². The topological polar surface area (TPSA) is 39.3 Å². The van der Waals surface area contributed by atoms with E-state index in [9.17, 15) is 4.79 Å². The molecule has 4 rings (SSSR count). The maximum absolute atomic E-state index is 12.9. The summed E-state index contributed by atoms with van der Waals surface area (Å²) in [6.45, 7) is 6.20. The normalized spacial score (nSPS) is 25.0. The van der Waals surface area contributed by atoms with Gasteiger partial charge in [-0.2, -0.15) is 0 Å². The second-order valence-corrected chi connectivity index (χ2v) is 7.16. The van der Waals surface area contributed by atoms with Crippen LogP contribution < -0.4 is 0 Å². The van der Waals surface area contributed by atoms with Crippen molar-refractivity contribution < 1.29 is 4.79 Å². The van der Waals surface area contributed by atoms with E-state index in [2.05, 4.69) is 16.8 Å². The zero-order valence-electron chi connectivity index (χ0n) is 13.4. The van der Waals surface area contributed by atoms with Crippen LogP contribution in [-0.2, 0) is 0 Å². The number of carbonyl (C=O) groups excluding carboxylic acids is 1. The van der Waals surface area contributed by atoms with E-state index < -0.39 is 0 Å². The number of rotatable bonds is 2. The summed E-state index contributed by atoms with van der Waals surface area (Å²) in [6.07, 6.45) is 2.50. The molecule has 0 radical (unpaired) electrons. The molecule has 2 aliphatic heterocycles. The molecule has 3 heterocycles. The fourth-order valence-electron chi connectivity index (χ4n) is 4.22. The highest BCUT2D eigenvalue weighted by atomic mass is 35.5. The van der Waals surface area contributed by atoms with Crippen LogP contribution in [0.5, 0.6) is 0 Å². The van der Waals surface area contributed by atoms with Crippen LogP contribution in [0, 0.1) is 5.92 Å². The summed E-state index contributed by atoms with van der Waals surface area (Å²) in [7, 11) is 0. The Bertz CT molecular complexity index is 741. The maximum atomic E-state index is 12.9. The van der Waals surface area contributed by atoms with Crippen LogP contribution in [0.25, 0.3) is 10.9 Å². The van der Waals surface area contributed by atoms with Gasteiger partial charge in [0.25, 0.3) is 5.91 Å². The number of nitrogens with zero attached hydrogens (tertiary/aromatic N) is 2. The first-order chi connectivity index (χ1) is 11.2. The quantitative estimate of drug-likeness (QED) is 0.916. The number of benzene rings is 1. The van der Waals surface area contributed by atoms with E-state index in [1.807, 2.05) is 29.2 Å². The van der Waals surface area contributed by atoms with Crippen molar-refractivity contribution in [2.45, 2.75) is 25.8 Å². The number of hydrogen-bond acceptors (Lipinski definition) is 2. The van der Waals surface area contributed by atoms with Gasteiger partial charge in [-0.1, -0.05) is 18.5 Å². The molecule has 0 bridgehead atoms. The lowest BCUT2D eigenvalue weighted by Crippen LogP contribution is -2.45. The van der Waals surface area contributed by atoms with Crippen molar-refractivity contribution in [3.8, 4) is 0 Å². The minimum atomic E-state index is 0.114. The van der Waals surface area contributed by atoms with Crippen molar-refractivity contribution in [1.29, 1.82) is 0 Å². The van der Waals surface area contributed by atoms with E-state index in [0.29, 0.717) is 22.7 Å². The van der Waals surface area contributed by atoms with E-state index in [0.717, 1.165) is 30.5 Å². The van der Waals surface area contributed by atoms with Crippen molar-refractivity contribution in [3.05, 3.63) is 35.0 Å². The molecule has 2 aromatic rings. The maximum Gasteiger partial charge on any atom is 0.270 e. The number of H-pyrrole nitrogens is 1. The molecule has 2 unspecified atom stereocenters. The fourth-order valence-corrected chi connectivity index (χ4v) is 4.40. The minimum Gasteiger partial charge on any atom is -0.351 e. The first-order valence-corrected chi connectivity index (χ1v) is 8.85. The second-order valence-electron chi connectivity index (χ2n) is 6.72. The smallest absolute Gasteiger partial charge is 0.270 e. The number of amides is 1. The number of piperidine rings is 1. The molecule has 23 heavy (non-hydrogen) atoms. The lowest BCUT2D eigenvalue weighted by molar-refractivity contribution is 0.0773. The molecule has 2 saturated heterocycles. The summed E-state index contributed by atoms with van der Waals surface area (Å²) in [5, 5.41) is 1.69. The molecule has 122 valence electrons. The molecule has 0 saturated carbocycles. The highest BCUT2D eigenvalue weighted by Gasteiger charge is 2.40. The van der Waals surface area contributed by atoms with Crippen molar-refractivity contribution in [2.75, 3.05) is 26.2 Å². The summed E-state index contributed by atoms with van der Waals surface area (Å²) in [4.78, 5) is 20.7. The molecule has 2 aliphatic rings. The predicted octanol–water partition coefficient (Wildman–Crippen LogP) is 3.38. The van der Waals surface area contributed by atoms with E-state index in [4.69, 9.17) is 11.6 Å². The van der Waals surface area contributed by atoms with Gasteiger partial charge in [0.05, 0.1) is 0 Å². The standard InChI is InChI=1S/C18H22ClN3O/c1-2-21-7-3-4-12-10-22(11-17(12)21)18(23)16-9-13-8-14(19)5-6-15(13)20-16/h5-6,8-9,12,17,20H,2-4,7,10-11H2,1H3. The van der Waals surface area contributed by atoms with Crippen LogP contribution in [0.1, 0.15) is 30.3 Å². The van der Waals surface area contributed by atoms with Gasteiger partial charge in [-0.15, -0.1) is 0 Å². The monoisotopic (exact) mass is 331 g/mol. The average molecular weight is 332 g/mol. The third-order valence-electron chi connectivity index (χ3n) is 5.40. The Labute approximate surface area is 141 Å². The lowest BCUT2D eigenvalue weighted by atomic mass is 9.92. The zero-order valence-corrected chi connectivity index (χ0v) is 14.1. The number of halogens is 1. The number of hydrogen-bond donors (Lipinski definition) is 1. The van der Waals surface area contributed by atoms with E-state index >= 15 is 0 Å². The number of aromatic amines is 1. The summed E-state index contributed by atoms with van der Waals surface area (Å²) in [5.41, 5.74) is 1.63. The summed E-state index contributed by atoms with van der Waals surface area (Å²) >= 11 is 6.03. The molecule has 1 aromatic heterocycles. The fraction of sp³-hybridized carbons (Fsp3) is 0.500. The third kappa shape index (κ3) is 2.64. The first-order valence-electron chi connectivity index (χ1n) is 8.47. The predicted molar refractivity (Wildman–Crippen MR) is 93.0 cm³/mol. The SMILES string of the molecule is CCN1CCCC2CN(C(=O)c3cc4cc(Cl)ccc4[nH]3)CC21. The zero-order chi connectivity index (χ0) is 16.0. The Morgan fingerprint density at radius 1 is 1.35 bits per heavy atom. The van der Waals surface area contributed by atoms with E-state index in [-0.39, 0.29) is 5.91 Å². The van der Waals surface area contributed by atoms with E-state index in [1.165, 1.54) is 19.4 Å². The molecular formula is C18H22ClN3O. The van der Waals surface area contributed by atoms with Crippen LogP contribution in [0.4, 0.5) is 0 Å². The molecule has 2 fully saturated rings. The molecule has 1 amide bonds. The van der Waals surface area contributed by atoms with Crippen molar-refractivity contribution in [3.63, 3.8) is 0 Å². The lowest BCUT2D eigenvalue weighted by Gasteiger charge is -2.35. The largest absolute Gasteiger partial charge is 0.351 e. The Morgan fingerprint density at radius 3 is 3.04 bits per heavy atom. The molecular weight excluding hydrogens is 310 g/mol. The molecule has 1 aromatic carbocycles. The Kier molecular flexibility index (Phi) is 3.82. The van der Waals surface area contributed by atoms with Crippen molar-refractivity contribution >= 4 is 28.4 Å². The molecule has 4 nitrogen and oxygen atoms in total. The second kappa shape index (κ2) is 5.84. The van der Waals surface area contributed by atoms with Crippen LogP contribution in [0.3, 0.4) is 0 Å². The van der Waals surface area contributed by atoms with Crippen LogP contribution >= 0.6 is 11.6 Å². The molecule has 5 heteroatoms. The van der Waals surface area contributed by atoms with Gasteiger partial charge in [0.2, 0.25) is 0 Å². The Hall–Kier alpha value is -1.52. The van der Waals surface area contributed by atoms with Gasteiger partial charge in [0.1, 0.15) is 5.69 Å². The van der Waals surface area contributed by atoms with Crippen LogP contribution in [0.15, 0.2) is 24.3 Å². The van der Waals surface area contributed by atoms with Crippen LogP contribution in [-0.4, -0.2) is 52.9 Å². The number of fused-ring (bicyclic) bond motifs is 2. The number of aromatic nitrogens is 1. The number of carbonyl (C=O) groups is 1. The third-order valence-corrected chi connectivity index (χ3v) is 5.64. The molecule has 2 atom stereocenters. The van der Waals surface area contributed by atoms with Crippen molar-refractivity contribution in [2.24, 2.45) is 5.92 Å². The number of likely N-dealkylation sites (N-methyl/N-ethyl adjacent to an activating group) is 1. The summed E-state index contributed by atoms with van der Waals surface area (Å²) in [5.74, 6) is 0.745. The number of nitrogens with one attached hydrogen (secondary N) is 1. The summed E-state index contributed by atoms with van der Waals surface area (Å²) in [6, 6.07) is 8.13. The molecule has 1 N–H and O–H groups in total. The van der Waals surface area contributed by atoms with Gasteiger partial charge in [0, 0.05) is 35.1 Å². The molecule has 0 aliphatic carbocycles. The average Bonchev–Trinajstić information content (AvgIpc) is 3.16. The summed E-state index contributed by atoms with van der Waals surface area (Å²) < 4.78 is 0. The Balaban J connectivity index is 1.56. The highest BCUT2D eigenvalue weighted by Crippen LogP contribution is 2.31. The van der Waals surface area contributed by atoms with Gasteiger partial charge in [-0.3, -0.25) is 9.69 Å². The highest BCUT2D eigenvalue weighted by molar-refractivity contribution is 6.31. The van der Waals surface area contributed by atoms with Crippen LogP contribution in [0.2, 0.25) is 5.02 Å². The van der Waals surface area contributed by atoms with Gasteiger partial charge in [-0.05, 0) is 56.1 Å². The van der Waals surface area contributed by atoms with Gasteiger partial charge in [-0.25, -0.2) is 0 Å². The minimum absolute atomic E-state index is 0.114. The molecule has 0 spiro atoms. The van der Waals surface area contributed by atoms with Gasteiger partial charge < -0.3 is 9.88 Å². The van der Waals surface area contributed by atoms with Crippen molar-refractivity contribution in [1.82, 2.24) is 14.8 Å². The van der Waals surface area contributed by atoms with Gasteiger partial charge in [0.15, 0.2) is 0 Å². The first kappa shape index (κ1) is 15.0. The number of likely N-dealkylation sites (tertiary alicyclic amines) is 2. The Morgan fingerprint density at radius 2 is 2.22 bits per heavy atom. The van der Waals surface area contributed by atoms with Gasteiger partial charge >= 0.3 is 0 Å².